The number of hydrogen-bond acceptors (Lipinski definition) is 7. The van der Waals surface area contributed by atoms with Gasteiger partial charge in [0.25, 0.3) is 0 Å². The van der Waals surface area contributed by atoms with E-state index in [1.165, 1.54) is 9.80 Å². The van der Waals surface area contributed by atoms with Crippen LogP contribution < -0.4 is 29.3 Å². The largest absolute Gasteiger partial charge is 0.491 e. The monoisotopic (exact) mass is 1010 g/mol. The van der Waals surface area contributed by atoms with Crippen LogP contribution in [0.2, 0.25) is 30.1 Å². The van der Waals surface area contributed by atoms with Gasteiger partial charge in [-0.3, -0.25) is 15.1 Å². The van der Waals surface area contributed by atoms with Crippen LogP contribution in [0.15, 0.2) is 66.7 Å². The van der Waals surface area contributed by atoms with Crippen molar-refractivity contribution in [2.45, 2.75) is 112 Å². The molecular weight excluding hydrogens is 951 g/mol. The van der Waals surface area contributed by atoms with Crippen molar-refractivity contribution in [1.82, 2.24) is 0 Å². The van der Waals surface area contributed by atoms with Crippen molar-refractivity contribution < 1.29 is 43.5 Å². The van der Waals surface area contributed by atoms with E-state index >= 15 is 0 Å². The number of hydrogen-bond donors (Lipinski definition) is 3. The minimum Gasteiger partial charge on any atom is -0.491 e. The Balaban J connectivity index is 0.000000333. The normalized spacial score (nSPS) is 11.2. The van der Waals surface area contributed by atoms with E-state index in [1.54, 1.807) is 98.7 Å². The molecule has 0 aliphatic carbocycles. The average Bonchev–Trinajstić information content (AvgIpc) is 3.13. The number of benzene rings is 4. The third kappa shape index (κ3) is 18.0. The molecule has 0 aliphatic heterocycles. The van der Waals surface area contributed by atoms with Crippen molar-refractivity contribution in [2.24, 2.45) is 0 Å². The standard InChI is InChI=1S/C18H19Cl2NO3.C15H21Cl2NO3.C13H17Cl2NO3/c1-18(2,3)21(17(22)23)13-9-14(19)16(15(20)10-13)24-11-12-7-5-4-6-8-12;1-5-6-7-21-13-11(16)8-10(9-12(13)17)18(14(19)20)15(2,3)4;1-5-18-11-9(14)6-8(7-10(11)15)16-12(17)19-13(2,3)4/h4-10H,11H2,1-3H3,(H,22,23);8-9H,5-7H2,1-4H3,(H,19,20);6-7H,5H2,1-4H3,(H,16,17). The molecule has 4 aromatic rings. The third-order valence-corrected chi connectivity index (χ3v) is 9.79. The van der Waals surface area contributed by atoms with Crippen molar-refractivity contribution in [2.75, 3.05) is 28.3 Å². The summed E-state index contributed by atoms with van der Waals surface area (Å²) in [6.07, 6.45) is -0.799. The lowest BCUT2D eigenvalue weighted by atomic mass is 10.1. The molecule has 0 saturated heterocycles. The Labute approximate surface area is 406 Å². The van der Waals surface area contributed by atoms with Gasteiger partial charge < -0.3 is 29.2 Å². The second kappa shape index (κ2) is 24.9. The number of nitrogens with one attached hydrogen (secondary N) is 1. The predicted molar refractivity (Wildman–Crippen MR) is 262 cm³/mol. The molecule has 0 unspecified atom stereocenters. The smallest absolute Gasteiger partial charge is 0.412 e. The summed E-state index contributed by atoms with van der Waals surface area (Å²) in [5.41, 5.74) is 0.449. The van der Waals surface area contributed by atoms with Gasteiger partial charge in [0.15, 0.2) is 17.2 Å². The molecular formula is C46H57Cl6N3O9. The Bertz CT molecular complexity index is 2120. The Morgan fingerprint density at radius 1 is 0.594 bits per heavy atom. The van der Waals surface area contributed by atoms with Crippen LogP contribution in [-0.4, -0.2) is 58.4 Å². The maximum Gasteiger partial charge on any atom is 0.412 e. The molecule has 12 nitrogen and oxygen atoms in total. The zero-order valence-corrected chi connectivity index (χ0v) is 42.3. The summed E-state index contributed by atoms with van der Waals surface area (Å²) in [5, 5.41) is 23.3. The Morgan fingerprint density at radius 2 is 0.984 bits per heavy atom. The fourth-order valence-corrected chi connectivity index (χ4v) is 7.35. The molecule has 352 valence electrons. The summed E-state index contributed by atoms with van der Waals surface area (Å²) in [4.78, 5) is 37.1. The first-order valence-electron chi connectivity index (χ1n) is 20.1. The van der Waals surface area contributed by atoms with E-state index in [0.717, 1.165) is 18.4 Å². The van der Waals surface area contributed by atoms with Crippen LogP contribution in [0.4, 0.5) is 31.4 Å². The molecule has 0 radical (unpaired) electrons. The Morgan fingerprint density at radius 3 is 1.34 bits per heavy atom. The fraction of sp³-hybridized carbons (Fsp3) is 0.413. The van der Waals surface area contributed by atoms with Gasteiger partial charge in [0.2, 0.25) is 0 Å². The predicted octanol–water partition coefficient (Wildman–Crippen LogP) is 16.0. The summed E-state index contributed by atoms with van der Waals surface area (Å²) in [7, 11) is 0. The van der Waals surface area contributed by atoms with Crippen LogP contribution in [0.3, 0.4) is 0 Å². The number of rotatable bonds is 12. The Hall–Kier alpha value is -4.17. The summed E-state index contributed by atoms with van der Waals surface area (Å²) >= 11 is 37.0. The van der Waals surface area contributed by atoms with Gasteiger partial charge in [0.1, 0.15) is 12.2 Å². The van der Waals surface area contributed by atoms with Gasteiger partial charge in [-0.05, 0) is 118 Å². The molecule has 0 bridgehead atoms. The van der Waals surface area contributed by atoms with Gasteiger partial charge in [-0.15, -0.1) is 0 Å². The molecule has 4 rings (SSSR count). The lowest BCUT2D eigenvalue weighted by Gasteiger charge is -2.33. The molecule has 0 aromatic heterocycles. The van der Waals surface area contributed by atoms with Crippen LogP contribution in [-0.2, 0) is 11.3 Å². The highest BCUT2D eigenvalue weighted by Gasteiger charge is 2.30. The minimum absolute atomic E-state index is 0.268. The molecule has 64 heavy (non-hydrogen) atoms. The zero-order valence-electron chi connectivity index (χ0n) is 37.8. The summed E-state index contributed by atoms with van der Waals surface area (Å²) in [6, 6.07) is 19.0. The fourth-order valence-electron chi connectivity index (χ4n) is 5.58. The maximum atomic E-state index is 11.6. The van der Waals surface area contributed by atoms with Crippen molar-refractivity contribution in [3.8, 4) is 17.2 Å². The van der Waals surface area contributed by atoms with Crippen LogP contribution in [0.1, 0.15) is 94.6 Å². The van der Waals surface area contributed by atoms with E-state index in [-0.39, 0.29) is 10.0 Å². The number of unbranched alkanes of at least 4 members (excludes halogenated alkanes) is 1. The van der Waals surface area contributed by atoms with Crippen LogP contribution >= 0.6 is 69.6 Å². The van der Waals surface area contributed by atoms with E-state index in [0.29, 0.717) is 74.2 Å². The lowest BCUT2D eigenvalue weighted by Crippen LogP contribution is -2.45. The molecule has 4 aromatic carbocycles. The Kier molecular flexibility index (Phi) is 21.8. The number of ether oxygens (including phenoxy) is 4. The number of halogens is 6. The quantitative estimate of drug-likeness (QED) is 0.118. The SMILES string of the molecule is CC(C)(C)N(C(=O)O)c1cc(Cl)c(OCc2ccccc2)c(Cl)c1.CCCCOc1c(Cl)cc(N(C(=O)O)C(C)(C)C)cc1Cl.CCOc1c(Cl)cc(NC(=O)OC(C)(C)C)cc1Cl. The molecule has 0 atom stereocenters. The molecule has 0 heterocycles. The van der Waals surface area contributed by atoms with Crippen molar-refractivity contribution in [3.63, 3.8) is 0 Å². The van der Waals surface area contributed by atoms with Gasteiger partial charge in [0, 0.05) is 16.8 Å². The molecule has 3 N–H and O–H groups in total. The molecule has 18 heteroatoms. The van der Waals surface area contributed by atoms with E-state index < -0.39 is 35.0 Å². The molecule has 0 aliphatic rings. The van der Waals surface area contributed by atoms with Gasteiger partial charge >= 0.3 is 18.3 Å². The second-order valence-electron chi connectivity index (χ2n) is 16.9. The van der Waals surface area contributed by atoms with E-state index in [9.17, 15) is 24.6 Å². The van der Waals surface area contributed by atoms with Gasteiger partial charge in [-0.25, -0.2) is 14.4 Å². The van der Waals surface area contributed by atoms with Gasteiger partial charge in [0.05, 0.1) is 54.7 Å². The number of amides is 3. The maximum absolute atomic E-state index is 11.6. The van der Waals surface area contributed by atoms with Gasteiger partial charge in [-0.1, -0.05) is 113 Å². The number of carbonyl (C=O) groups is 3. The van der Waals surface area contributed by atoms with E-state index in [4.69, 9.17) is 88.6 Å². The summed E-state index contributed by atoms with van der Waals surface area (Å²) in [6.45, 7) is 21.3. The summed E-state index contributed by atoms with van der Waals surface area (Å²) in [5.74, 6) is 1.14. The number of carboxylic acid groups (broad SMARTS) is 2. The van der Waals surface area contributed by atoms with Crippen molar-refractivity contribution >= 4 is 105 Å². The topological polar surface area (TPSA) is 147 Å². The first-order valence-corrected chi connectivity index (χ1v) is 22.3. The van der Waals surface area contributed by atoms with Crippen LogP contribution in [0.5, 0.6) is 17.2 Å². The van der Waals surface area contributed by atoms with Crippen LogP contribution in [0, 0.1) is 0 Å². The lowest BCUT2D eigenvalue weighted by molar-refractivity contribution is 0.0635. The van der Waals surface area contributed by atoms with Crippen LogP contribution in [0.25, 0.3) is 0 Å². The highest BCUT2D eigenvalue weighted by Crippen LogP contribution is 2.41. The number of anilines is 3. The third-order valence-electron chi connectivity index (χ3n) is 8.11. The zero-order chi connectivity index (χ0) is 48.7. The highest BCUT2D eigenvalue weighted by atomic mass is 35.5. The van der Waals surface area contributed by atoms with E-state index in [2.05, 4.69) is 12.2 Å². The number of nitrogens with zero attached hydrogens (tertiary/aromatic N) is 2. The minimum atomic E-state index is -1.08. The molecule has 0 spiro atoms. The molecule has 0 saturated carbocycles. The first-order chi connectivity index (χ1) is 29.6. The number of carbonyl (C=O) groups excluding carboxylic acids is 1. The average molecular weight is 1010 g/mol. The summed E-state index contributed by atoms with van der Waals surface area (Å²) < 4.78 is 21.7. The van der Waals surface area contributed by atoms with Gasteiger partial charge in [-0.2, -0.15) is 0 Å². The highest BCUT2D eigenvalue weighted by molar-refractivity contribution is 6.39. The first kappa shape index (κ1) is 56.0. The molecule has 0 fully saturated rings. The second-order valence-corrected chi connectivity index (χ2v) is 19.3. The molecule has 3 amide bonds. The van der Waals surface area contributed by atoms with E-state index in [1.807, 2.05) is 37.3 Å². The van der Waals surface area contributed by atoms with Crippen molar-refractivity contribution in [3.05, 3.63) is 102 Å². The van der Waals surface area contributed by atoms with Crippen molar-refractivity contribution in [1.29, 1.82) is 0 Å².